The van der Waals surface area contributed by atoms with E-state index in [1.54, 1.807) is 0 Å². The van der Waals surface area contributed by atoms with Crippen molar-refractivity contribution in [2.45, 2.75) is 12.6 Å². The molecule has 0 aromatic rings. The van der Waals surface area contributed by atoms with E-state index in [4.69, 9.17) is 18.9 Å². The van der Waals surface area contributed by atoms with Gasteiger partial charge in [0, 0.05) is 14.2 Å². The number of esters is 2. The van der Waals surface area contributed by atoms with Gasteiger partial charge in [0.25, 0.3) is 24.1 Å². The lowest BCUT2D eigenvalue weighted by molar-refractivity contribution is -0.268. The molecule has 0 amide bonds. The predicted molar refractivity (Wildman–Crippen MR) is 54.8 cm³/mol. The van der Waals surface area contributed by atoms with Crippen LogP contribution in [0, 0.1) is 0 Å². The van der Waals surface area contributed by atoms with Crippen molar-refractivity contribution in [3.8, 4) is 0 Å². The monoisotopic (exact) mass is 262 g/mol. The van der Waals surface area contributed by atoms with E-state index < -0.39 is 36.0 Å². The van der Waals surface area contributed by atoms with E-state index in [-0.39, 0.29) is 0 Å². The topological polar surface area (TPSA) is 89.5 Å². The van der Waals surface area contributed by atoms with Gasteiger partial charge >= 0.3 is 11.9 Å². The van der Waals surface area contributed by atoms with Crippen LogP contribution < -0.4 is 0 Å². The minimum atomic E-state index is -1.00. The van der Waals surface area contributed by atoms with Crippen molar-refractivity contribution in [1.29, 1.82) is 0 Å². The molecule has 1 heterocycles. The molecule has 1 rings (SSSR count). The normalized spacial score (nSPS) is 22.9. The minimum absolute atomic E-state index is 0.426. The van der Waals surface area contributed by atoms with Crippen LogP contribution >= 0.6 is 0 Å². The Morgan fingerprint density at radius 2 is 1.17 bits per heavy atom. The van der Waals surface area contributed by atoms with Gasteiger partial charge in [-0.3, -0.25) is 0 Å². The minimum Gasteiger partial charge on any atom is -0.463 e. The molecule has 8 nitrogen and oxygen atoms in total. The first-order valence-corrected chi connectivity index (χ1v) is 4.88. The van der Waals surface area contributed by atoms with Crippen molar-refractivity contribution in [2.75, 3.05) is 28.4 Å². The molecule has 1 aliphatic heterocycles. The first-order valence-electron chi connectivity index (χ1n) is 4.88. The van der Waals surface area contributed by atoms with Crippen LogP contribution in [0.1, 0.15) is 0 Å². The lowest BCUT2D eigenvalue weighted by Crippen LogP contribution is -2.41. The van der Waals surface area contributed by atoms with Gasteiger partial charge in [0.15, 0.2) is 0 Å². The third-order valence-corrected chi connectivity index (χ3v) is 2.10. The van der Waals surface area contributed by atoms with Gasteiger partial charge < -0.3 is 28.4 Å². The van der Waals surface area contributed by atoms with Crippen LogP contribution in [0.25, 0.3) is 0 Å². The van der Waals surface area contributed by atoms with Gasteiger partial charge in [0.2, 0.25) is 0 Å². The van der Waals surface area contributed by atoms with Crippen LogP contribution in [0.15, 0.2) is 11.5 Å². The highest BCUT2D eigenvalue weighted by atomic mass is 16.8. The standard InChI is InChI=1S/C10H14O8/c1-13-7(11)5-6(8(12)14-2)18-10(16-4)9(15-3)17-5/h9-10H,1-4H3/t9-,10-/m1/s1. The van der Waals surface area contributed by atoms with Crippen LogP contribution in [-0.2, 0) is 38.0 Å². The maximum absolute atomic E-state index is 11.5. The number of carbonyl (C=O) groups is 2. The molecular weight excluding hydrogens is 248 g/mol. The Morgan fingerprint density at radius 1 is 0.833 bits per heavy atom. The average molecular weight is 262 g/mol. The van der Waals surface area contributed by atoms with E-state index in [0.29, 0.717) is 0 Å². The molecule has 0 bridgehead atoms. The highest BCUT2D eigenvalue weighted by molar-refractivity contribution is 5.97. The largest absolute Gasteiger partial charge is 0.463 e. The van der Waals surface area contributed by atoms with Crippen molar-refractivity contribution in [3.05, 3.63) is 11.5 Å². The summed E-state index contributed by atoms with van der Waals surface area (Å²) in [5.41, 5.74) is 0. The molecule has 0 spiro atoms. The molecule has 0 aliphatic carbocycles. The van der Waals surface area contributed by atoms with E-state index in [1.165, 1.54) is 14.2 Å². The fraction of sp³-hybridized carbons (Fsp3) is 0.600. The van der Waals surface area contributed by atoms with Gasteiger partial charge in [-0.25, -0.2) is 9.59 Å². The smallest absolute Gasteiger partial charge is 0.377 e. The summed E-state index contributed by atoms with van der Waals surface area (Å²) in [6.45, 7) is 0. The van der Waals surface area contributed by atoms with Crippen LogP contribution in [0.3, 0.4) is 0 Å². The van der Waals surface area contributed by atoms with E-state index >= 15 is 0 Å². The van der Waals surface area contributed by atoms with Gasteiger partial charge in [0.1, 0.15) is 0 Å². The first kappa shape index (κ1) is 14.3. The van der Waals surface area contributed by atoms with Gasteiger partial charge in [-0.05, 0) is 0 Å². The Balaban J connectivity index is 3.11. The zero-order chi connectivity index (χ0) is 13.7. The molecule has 0 fully saturated rings. The van der Waals surface area contributed by atoms with Gasteiger partial charge in [-0.2, -0.15) is 0 Å². The molecule has 1 aliphatic rings. The SMILES string of the molecule is COC(=O)C1=C(C(=O)OC)O[C@@H](OC)[C@H](OC)O1. The highest BCUT2D eigenvalue weighted by Crippen LogP contribution is 2.25. The van der Waals surface area contributed by atoms with E-state index in [0.717, 1.165) is 14.2 Å². The molecule has 8 heteroatoms. The Bertz CT molecular complexity index is 327. The van der Waals surface area contributed by atoms with Gasteiger partial charge in [-0.15, -0.1) is 0 Å². The second-order valence-electron chi connectivity index (χ2n) is 3.09. The van der Waals surface area contributed by atoms with Crippen molar-refractivity contribution < 1.29 is 38.0 Å². The summed E-state index contributed by atoms with van der Waals surface area (Å²) in [4.78, 5) is 22.9. The fourth-order valence-corrected chi connectivity index (χ4v) is 1.24. The second-order valence-corrected chi connectivity index (χ2v) is 3.09. The highest BCUT2D eigenvalue weighted by Gasteiger charge is 2.40. The molecule has 102 valence electrons. The molecule has 0 aromatic carbocycles. The molecule has 0 aromatic heterocycles. The number of rotatable bonds is 4. The van der Waals surface area contributed by atoms with Gasteiger partial charge in [0.05, 0.1) is 14.2 Å². The number of methoxy groups -OCH3 is 4. The number of hydrogen-bond donors (Lipinski definition) is 0. The Hall–Kier alpha value is -1.80. The number of hydrogen-bond acceptors (Lipinski definition) is 8. The molecule has 2 atom stereocenters. The Kier molecular flexibility index (Phi) is 4.93. The maximum atomic E-state index is 11.5. The summed E-state index contributed by atoms with van der Waals surface area (Å²) < 4.78 is 29.1. The summed E-state index contributed by atoms with van der Waals surface area (Å²) >= 11 is 0. The van der Waals surface area contributed by atoms with Crippen LogP contribution in [0.5, 0.6) is 0 Å². The summed E-state index contributed by atoms with van der Waals surface area (Å²) in [5, 5.41) is 0. The summed E-state index contributed by atoms with van der Waals surface area (Å²) in [6.07, 6.45) is -2.00. The van der Waals surface area contributed by atoms with Crippen molar-refractivity contribution in [3.63, 3.8) is 0 Å². The van der Waals surface area contributed by atoms with Gasteiger partial charge in [-0.1, -0.05) is 0 Å². The third kappa shape index (κ3) is 2.71. The zero-order valence-electron chi connectivity index (χ0n) is 10.4. The summed E-state index contributed by atoms with van der Waals surface area (Å²) in [7, 11) is 4.94. The van der Waals surface area contributed by atoms with E-state index in [9.17, 15) is 9.59 Å². The second kappa shape index (κ2) is 6.22. The molecule has 0 saturated carbocycles. The van der Waals surface area contributed by atoms with Crippen LogP contribution in [0.2, 0.25) is 0 Å². The average Bonchev–Trinajstić information content (AvgIpc) is 2.43. The fourth-order valence-electron chi connectivity index (χ4n) is 1.24. The molecule has 0 radical (unpaired) electrons. The van der Waals surface area contributed by atoms with Crippen molar-refractivity contribution >= 4 is 11.9 Å². The molecule has 0 unspecified atom stereocenters. The molecular formula is C10H14O8. The quantitative estimate of drug-likeness (QED) is 0.628. The van der Waals surface area contributed by atoms with Crippen molar-refractivity contribution in [1.82, 2.24) is 0 Å². The third-order valence-electron chi connectivity index (χ3n) is 2.10. The summed E-state index contributed by atoms with van der Waals surface area (Å²) in [6, 6.07) is 0. The number of ether oxygens (including phenoxy) is 6. The molecule has 0 N–H and O–H groups in total. The van der Waals surface area contributed by atoms with Crippen molar-refractivity contribution in [2.24, 2.45) is 0 Å². The van der Waals surface area contributed by atoms with E-state index in [1.807, 2.05) is 0 Å². The maximum Gasteiger partial charge on any atom is 0.377 e. The first-order chi connectivity index (χ1) is 8.58. The van der Waals surface area contributed by atoms with E-state index in [2.05, 4.69) is 9.47 Å². The lowest BCUT2D eigenvalue weighted by atomic mass is 10.3. The van der Waals surface area contributed by atoms with Crippen LogP contribution in [0.4, 0.5) is 0 Å². The number of carbonyl (C=O) groups excluding carboxylic acids is 2. The Morgan fingerprint density at radius 3 is 1.39 bits per heavy atom. The lowest BCUT2D eigenvalue weighted by Gasteiger charge is -2.31. The molecule has 18 heavy (non-hydrogen) atoms. The predicted octanol–water partition coefficient (Wildman–Crippen LogP) is -0.464. The molecule has 0 saturated heterocycles. The zero-order valence-corrected chi connectivity index (χ0v) is 10.4. The summed E-state index contributed by atoms with van der Waals surface area (Å²) in [5.74, 6) is -2.62. The van der Waals surface area contributed by atoms with Crippen LogP contribution in [-0.4, -0.2) is 53.0 Å². The Labute approximate surface area is 103 Å².